The summed E-state index contributed by atoms with van der Waals surface area (Å²) in [5.41, 5.74) is -0.856. The minimum Gasteiger partial charge on any atom is -0.394 e. The molecule has 10 nitrogen and oxygen atoms in total. The number of aliphatic hydroxyl groups excluding tert-OH is 4. The van der Waals surface area contributed by atoms with Gasteiger partial charge < -0.3 is 25.4 Å². The van der Waals surface area contributed by atoms with Crippen LogP contribution in [-0.4, -0.2) is 64.4 Å². The number of nitrogens with zero attached hydrogens (tertiary/aromatic N) is 3. The second-order valence-electron chi connectivity index (χ2n) is 5.10. The first kappa shape index (κ1) is 16.4. The minimum atomic E-state index is -1.56. The molecule has 0 fully saturated rings. The van der Waals surface area contributed by atoms with E-state index in [-0.39, 0.29) is 23.4 Å². The average molecular weight is 314 g/mol. The van der Waals surface area contributed by atoms with Crippen LogP contribution in [0, 0.1) is 0 Å². The molecule has 0 saturated carbocycles. The second kappa shape index (κ2) is 6.01. The van der Waals surface area contributed by atoms with Gasteiger partial charge in [-0.25, -0.2) is 9.78 Å². The summed E-state index contributed by atoms with van der Waals surface area (Å²) in [6.45, 7) is -0.701. The van der Waals surface area contributed by atoms with Crippen LogP contribution in [0.2, 0.25) is 0 Å². The van der Waals surface area contributed by atoms with Crippen LogP contribution in [0.3, 0.4) is 0 Å². The van der Waals surface area contributed by atoms with Crippen LogP contribution in [0.1, 0.15) is 5.82 Å². The Morgan fingerprint density at radius 3 is 2.36 bits per heavy atom. The molecule has 0 spiro atoms. The normalized spacial score (nSPS) is 15.9. The van der Waals surface area contributed by atoms with Crippen molar-refractivity contribution < 1.29 is 20.4 Å². The molecular weight excluding hydrogens is 296 g/mol. The van der Waals surface area contributed by atoms with Crippen molar-refractivity contribution in [2.75, 3.05) is 6.61 Å². The van der Waals surface area contributed by atoms with Crippen LogP contribution in [0.25, 0.3) is 11.2 Å². The third-order valence-electron chi connectivity index (χ3n) is 3.52. The van der Waals surface area contributed by atoms with Crippen LogP contribution in [0.4, 0.5) is 0 Å². The molecule has 0 aliphatic carbocycles. The quantitative estimate of drug-likeness (QED) is 0.385. The van der Waals surface area contributed by atoms with Crippen molar-refractivity contribution >= 4 is 11.2 Å². The Morgan fingerprint density at radius 1 is 1.14 bits per heavy atom. The van der Waals surface area contributed by atoms with E-state index in [0.29, 0.717) is 0 Å². The molecule has 2 aromatic heterocycles. The third kappa shape index (κ3) is 2.68. The van der Waals surface area contributed by atoms with E-state index in [1.54, 1.807) is 0 Å². The number of aliphatic hydroxyl groups is 4. The monoisotopic (exact) mass is 314 g/mol. The lowest BCUT2D eigenvalue weighted by Crippen LogP contribution is -2.40. The zero-order valence-electron chi connectivity index (χ0n) is 12.1. The van der Waals surface area contributed by atoms with Crippen LogP contribution in [-0.2, 0) is 20.5 Å². The number of aryl methyl sites for hydroxylation is 1. The number of H-pyrrole nitrogens is 1. The predicted molar refractivity (Wildman–Crippen MR) is 75.4 cm³/mol. The Balaban J connectivity index is 2.39. The van der Waals surface area contributed by atoms with Gasteiger partial charge in [-0.1, -0.05) is 0 Å². The van der Waals surface area contributed by atoms with Gasteiger partial charge in [-0.05, 0) is 0 Å². The van der Waals surface area contributed by atoms with Crippen molar-refractivity contribution in [3.05, 3.63) is 26.7 Å². The second-order valence-corrected chi connectivity index (χ2v) is 5.10. The summed E-state index contributed by atoms with van der Waals surface area (Å²) >= 11 is 0. The van der Waals surface area contributed by atoms with E-state index >= 15 is 0 Å². The van der Waals surface area contributed by atoms with Crippen LogP contribution in [0.5, 0.6) is 0 Å². The molecule has 22 heavy (non-hydrogen) atoms. The number of aromatic amines is 1. The Kier molecular flexibility index (Phi) is 4.47. The Hall–Kier alpha value is -2.01. The fourth-order valence-corrected chi connectivity index (χ4v) is 2.15. The van der Waals surface area contributed by atoms with Gasteiger partial charge in [-0.3, -0.25) is 13.9 Å². The summed E-state index contributed by atoms with van der Waals surface area (Å²) in [5.74, 6) is 0.171. The van der Waals surface area contributed by atoms with Gasteiger partial charge in [0.2, 0.25) is 0 Å². The van der Waals surface area contributed by atoms with Gasteiger partial charge in [0.15, 0.2) is 5.65 Å². The number of hydrogen-bond donors (Lipinski definition) is 5. The van der Waals surface area contributed by atoms with Gasteiger partial charge in [0, 0.05) is 20.5 Å². The highest BCUT2D eigenvalue weighted by Crippen LogP contribution is 2.09. The first-order valence-electron chi connectivity index (χ1n) is 6.57. The molecule has 122 valence electrons. The summed E-state index contributed by atoms with van der Waals surface area (Å²) in [7, 11) is 2.79. The number of aromatic nitrogens is 4. The summed E-state index contributed by atoms with van der Waals surface area (Å²) in [6.07, 6.45) is -4.64. The lowest BCUT2D eigenvalue weighted by molar-refractivity contribution is -0.0760. The molecule has 0 amide bonds. The van der Waals surface area contributed by atoms with E-state index in [1.165, 1.54) is 18.7 Å². The lowest BCUT2D eigenvalue weighted by Gasteiger charge is -2.20. The molecule has 2 aromatic rings. The van der Waals surface area contributed by atoms with Crippen molar-refractivity contribution in [2.24, 2.45) is 14.1 Å². The van der Waals surface area contributed by atoms with E-state index < -0.39 is 36.2 Å². The highest BCUT2D eigenvalue weighted by molar-refractivity contribution is 5.69. The average Bonchev–Trinajstić information content (AvgIpc) is 2.93. The molecule has 0 aliphatic rings. The minimum absolute atomic E-state index is 0.101. The molecule has 0 bridgehead atoms. The van der Waals surface area contributed by atoms with Gasteiger partial charge in [-0.15, -0.1) is 0 Å². The molecule has 2 heterocycles. The smallest absolute Gasteiger partial charge is 0.332 e. The maximum absolute atomic E-state index is 12.0. The molecule has 0 unspecified atom stereocenters. The van der Waals surface area contributed by atoms with Crippen molar-refractivity contribution in [3.63, 3.8) is 0 Å². The molecule has 10 heteroatoms. The molecule has 0 aromatic carbocycles. The summed E-state index contributed by atoms with van der Waals surface area (Å²) in [6, 6.07) is 0. The molecular formula is C12H18N4O6. The van der Waals surface area contributed by atoms with Crippen molar-refractivity contribution in [1.82, 2.24) is 19.1 Å². The van der Waals surface area contributed by atoms with Gasteiger partial charge in [0.1, 0.15) is 23.5 Å². The predicted octanol–water partition coefficient (Wildman–Crippen LogP) is -3.42. The standard InChI is InChI=1S/C12H18N4O6/c1-15-10-8(11(21)16(2)12(15)22)13-7(14-10)3-5(18)9(20)6(19)4-17/h5-6,9,17-20H,3-4H2,1-2H3,(H,13,14)/t5-,6-,9+/m1/s1. The fourth-order valence-electron chi connectivity index (χ4n) is 2.15. The van der Waals surface area contributed by atoms with Gasteiger partial charge in [0.25, 0.3) is 5.56 Å². The molecule has 5 N–H and O–H groups in total. The van der Waals surface area contributed by atoms with Gasteiger partial charge in [0.05, 0.1) is 12.7 Å². The number of rotatable bonds is 5. The molecule has 2 rings (SSSR count). The SMILES string of the molecule is Cn1c(=O)c2[nH]c(C[C@@H](O)[C@H](O)[C@H](O)CO)nc2n(C)c1=O. The number of fused-ring (bicyclic) bond motifs is 1. The Morgan fingerprint density at radius 2 is 1.77 bits per heavy atom. The zero-order valence-corrected chi connectivity index (χ0v) is 12.1. The molecule has 3 atom stereocenters. The fraction of sp³-hybridized carbons (Fsp3) is 0.583. The molecule has 0 radical (unpaired) electrons. The number of nitrogens with one attached hydrogen (secondary N) is 1. The van der Waals surface area contributed by atoms with Gasteiger partial charge in [-0.2, -0.15) is 0 Å². The topological polar surface area (TPSA) is 154 Å². The van der Waals surface area contributed by atoms with E-state index in [4.69, 9.17) is 5.11 Å². The zero-order chi connectivity index (χ0) is 16.6. The lowest BCUT2D eigenvalue weighted by atomic mass is 10.1. The van der Waals surface area contributed by atoms with Crippen LogP contribution < -0.4 is 11.2 Å². The first-order valence-corrected chi connectivity index (χ1v) is 6.57. The Bertz CT molecular complexity index is 791. The maximum Gasteiger partial charge on any atom is 0.332 e. The number of hydrogen-bond acceptors (Lipinski definition) is 7. The molecule has 0 saturated heterocycles. The van der Waals surface area contributed by atoms with Gasteiger partial charge >= 0.3 is 5.69 Å². The van der Waals surface area contributed by atoms with E-state index in [2.05, 4.69) is 9.97 Å². The van der Waals surface area contributed by atoms with Crippen LogP contribution in [0.15, 0.2) is 9.59 Å². The largest absolute Gasteiger partial charge is 0.394 e. The van der Waals surface area contributed by atoms with E-state index in [0.717, 1.165) is 4.57 Å². The van der Waals surface area contributed by atoms with E-state index in [9.17, 15) is 24.9 Å². The van der Waals surface area contributed by atoms with Crippen LogP contribution >= 0.6 is 0 Å². The summed E-state index contributed by atoms with van der Waals surface area (Å²) in [5, 5.41) is 37.4. The summed E-state index contributed by atoms with van der Waals surface area (Å²) in [4.78, 5) is 30.5. The first-order chi connectivity index (χ1) is 10.3. The highest BCUT2D eigenvalue weighted by Gasteiger charge is 2.25. The summed E-state index contributed by atoms with van der Waals surface area (Å²) < 4.78 is 2.10. The van der Waals surface area contributed by atoms with Crippen molar-refractivity contribution in [1.29, 1.82) is 0 Å². The maximum atomic E-state index is 12.0. The van der Waals surface area contributed by atoms with Crippen molar-refractivity contribution in [2.45, 2.75) is 24.7 Å². The van der Waals surface area contributed by atoms with Crippen molar-refractivity contribution in [3.8, 4) is 0 Å². The molecule has 0 aliphatic heterocycles. The third-order valence-corrected chi connectivity index (χ3v) is 3.52. The van der Waals surface area contributed by atoms with E-state index in [1.807, 2.05) is 0 Å². The Labute approximate surface area is 123 Å². The highest BCUT2D eigenvalue weighted by atomic mass is 16.4. The number of imidazole rings is 1.